The number of halogens is 3. The number of pyridine rings is 1. The van der Waals surface area contributed by atoms with Gasteiger partial charge in [-0.2, -0.15) is 0 Å². The van der Waals surface area contributed by atoms with E-state index in [1.807, 2.05) is 0 Å². The zero-order valence-corrected chi connectivity index (χ0v) is 8.59. The van der Waals surface area contributed by atoms with Crippen LogP contribution in [0.3, 0.4) is 0 Å². The number of hydrogen-bond donors (Lipinski definition) is 0. The van der Waals surface area contributed by atoms with E-state index in [1.54, 1.807) is 0 Å². The minimum absolute atomic E-state index is 0.127. The number of esters is 1. The summed E-state index contributed by atoms with van der Waals surface area (Å²) in [6.07, 6.45) is -0.527. The molecule has 0 aromatic carbocycles. The van der Waals surface area contributed by atoms with Gasteiger partial charge in [0.25, 0.3) is 6.43 Å². The summed E-state index contributed by atoms with van der Waals surface area (Å²) in [6.45, 7) is 0. The monoisotopic (exact) mass is 235 g/mol. The average molecular weight is 236 g/mol. The number of rotatable bonds is 3. The van der Waals surface area contributed by atoms with Gasteiger partial charge in [0.15, 0.2) is 0 Å². The van der Waals surface area contributed by atoms with Gasteiger partial charge >= 0.3 is 5.97 Å². The lowest BCUT2D eigenvalue weighted by atomic mass is 10.1. The Morgan fingerprint density at radius 1 is 1.60 bits per heavy atom. The van der Waals surface area contributed by atoms with E-state index in [2.05, 4.69) is 9.72 Å². The second-order valence-electron chi connectivity index (χ2n) is 2.69. The largest absolute Gasteiger partial charge is 0.465 e. The van der Waals surface area contributed by atoms with E-state index in [4.69, 9.17) is 11.6 Å². The van der Waals surface area contributed by atoms with Crippen LogP contribution in [0.15, 0.2) is 12.4 Å². The molecule has 0 radical (unpaired) electrons. The molecule has 3 nitrogen and oxygen atoms in total. The molecule has 0 saturated heterocycles. The van der Waals surface area contributed by atoms with Gasteiger partial charge in [-0.15, -0.1) is 11.6 Å². The summed E-state index contributed by atoms with van der Waals surface area (Å²) in [5, 5.41) is 0. The molecular formula is C9H8ClF2NO2. The van der Waals surface area contributed by atoms with Crippen molar-refractivity contribution in [2.24, 2.45) is 0 Å². The molecule has 0 aliphatic carbocycles. The van der Waals surface area contributed by atoms with Gasteiger partial charge in [-0.05, 0) is 5.56 Å². The number of hydrogen-bond acceptors (Lipinski definition) is 3. The third-order valence-corrected chi connectivity index (χ3v) is 2.13. The van der Waals surface area contributed by atoms with Crippen molar-refractivity contribution in [3.05, 3.63) is 29.1 Å². The number of nitrogens with zero attached hydrogens (tertiary/aromatic N) is 1. The predicted molar refractivity (Wildman–Crippen MR) is 50.1 cm³/mol. The molecular weight excluding hydrogens is 228 g/mol. The summed E-state index contributed by atoms with van der Waals surface area (Å²) < 4.78 is 29.7. The maximum absolute atomic E-state index is 12.7. The number of aromatic nitrogens is 1. The zero-order valence-electron chi connectivity index (χ0n) is 7.84. The molecule has 1 rings (SSSR count). The van der Waals surface area contributed by atoms with Crippen LogP contribution in [0.4, 0.5) is 8.78 Å². The highest BCUT2D eigenvalue weighted by Crippen LogP contribution is 2.27. The Labute approximate surface area is 90.0 Å². The van der Waals surface area contributed by atoms with E-state index < -0.39 is 18.0 Å². The lowest BCUT2D eigenvalue weighted by molar-refractivity contribution is 0.0588. The first-order valence-electron chi connectivity index (χ1n) is 4.01. The van der Waals surface area contributed by atoms with Gasteiger partial charge < -0.3 is 4.74 Å². The predicted octanol–water partition coefficient (Wildman–Crippen LogP) is 2.54. The highest BCUT2D eigenvalue weighted by atomic mass is 35.5. The molecule has 0 bridgehead atoms. The molecule has 0 spiro atoms. The fourth-order valence-electron chi connectivity index (χ4n) is 1.15. The lowest BCUT2D eigenvalue weighted by Gasteiger charge is -2.09. The van der Waals surface area contributed by atoms with Crippen LogP contribution in [-0.2, 0) is 10.6 Å². The topological polar surface area (TPSA) is 39.2 Å². The first kappa shape index (κ1) is 11.8. The Hall–Kier alpha value is -1.23. The Bertz CT molecular complexity index is 371. The first-order chi connectivity index (χ1) is 7.11. The molecule has 0 aliphatic rings. The minimum Gasteiger partial charge on any atom is -0.465 e. The number of ether oxygens (including phenoxy) is 1. The van der Waals surface area contributed by atoms with Crippen LogP contribution in [0.25, 0.3) is 0 Å². The van der Waals surface area contributed by atoms with Crippen molar-refractivity contribution in [2.75, 3.05) is 7.11 Å². The van der Waals surface area contributed by atoms with Crippen molar-refractivity contribution in [2.45, 2.75) is 12.3 Å². The molecule has 1 aromatic heterocycles. The normalized spacial score (nSPS) is 10.5. The Kier molecular flexibility index (Phi) is 3.96. The van der Waals surface area contributed by atoms with Crippen molar-refractivity contribution in [1.29, 1.82) is 0 Å². The summed E-state index contributed by atoms with van der Waals surface area (Å²) >= 11 is 5.47. The Balaban J connectivity index is 3.31. The molecule has 0 atom stereocenters. The van der Waals surface area contributed by atoms with Crippen molar-refractivity contribution >= 4 is 17.6 Å². The summed E-state index contributed by atoms with van der Waals surface area (Å²) in [5.41, 5.74) is -0.521. The molecule has 0 aliphatic heterocycles. The van der Waals surface area contributed by atoms with Crippen LogP contribution in [0.2, 0.25) is 0 Å². The van der Waals surface area contributed by atoms with Crippen LogP contribution in [-0.4, -0.2) is 18.1 Å². The Morgan fingerprint density at radius 2 is 2.27 bits per heavy atom. The van der Waals surface area contributed by atoms with Crippen LogP contribution in [0.1, 0.15) is 27.9 Å². The van der Waals surface area contributed by atoms with Crippen molar-refractivity contribution < 1.29 is 18.3 Å². The molecule has 0 amide bonds. The van der Waals surface area contributed by atoms with Gasteiger partial charge in [0.2, 0.25) is 0 Å². The standard InChI is InChI=1S/C9H8ClF2NO2/c1-15-9(14)6-4-13-3-5(2-10)7(6)8(11)12/h3-4,8H,2H2,1H3. The Morgan fingerprint density at radius 3 is 2.73 bits per heavy atom. The second-order valence-corrected chi connectivity index (χ2v) is 2.95. The summed E-state index contributed by atoms with van der Waals surface area (Å²) in [4.78, 5) is 14.8. The molecule has 15 heavy (non-hydrogen) atoms. The van der Waals surface area contributed by atoms with E-state index in [1.165, 1.54) is 6.20 Å². The molecule has 1 aromatic rings. The van der Waals surface area contributed by atoms with E-state index >= 15 is 0 Å². The van der Waals surface area contributed by atoms with E-state index in [0.29, 0.717) is 0 Å². The second kappa shape index (κ2) is 5.02. The summed E-state index contributed by atoms with van der Waals surface area (Å²) in [7, 11) is 1.12. The fraction of sp³-hybridized carbons (Fsp3) is 0.333. The number of methoxy groups -OCH3 is 1. The van der Waals surface area contributed by atoms with Gasteiger partial charge in [0.1, 0.15) is 0 Å². The number of carbonyl (C=O) groups excluding carboxylic acids is 1. The fourth-order valence-corrected chi connectivity index (χ4v) is 1.36. The average Bonchev–Trinajstić information content (AvgIpc) is 2.26. The molecule has 0 fully saturated rings. The molecule has 82 valence electrons. The molecule has 0 N–H and O–H groups in total. The van der Waals surface area contributed by atoms with E-state index in [9.17, 15) is 13.6 Å². The molecule has 0 saturated carbocycles. The summed E-state index contributed by atoms with van der Waals surface area (Å²) in [5.74, 6) is -0.970. The van der Waals surface area contributed by atoms with E-state index in [-0.39, 0.29) is 17.0 Å². The maximum atomic E-state index is 12.7. The van der Waals surface area contributed by atoms with Crippen LogP contribution in [0, 0.1) is 0 Å². The van der Waals surface area contributed by atoms with Gasteiger partial charge in [-0.1, -0.05) is 0 Å². The highest BCUT2D eigenvalue weighted by molar-refractivity contribution is 6.17. The molecule has 6 heteroatoms. The third kappa shape index (κ3) is 2.41. The van der Waals surface area contributed by atoms with E-state index in [0.717, 1.165) is 13.3 Å². The third-order valence-electron chi connectivity index (χ3n) is 1.84. The lowest BCUT2D eigenvalue weighted by Crippen LogP contribution is -2.09. The molecule has 1 heterocycles. The van der Waals surface area contributed by atoms with Crippen molar-refractivity contribution in [3.63, 3.8) is 0 Å². The highest BCUT2D eigenvalue weighted by Gasteiger charge is 2.22. The van der Waals surface area contributed by atoms with Crippen molar-refractivity contribution in [3.8, 4) is 0 Å². The van der Waals surface area contributed by atoms with Gasteiger partial charge in [0.05, 0.1) is 12.7 Å². The van der Waals surface area contributed by atoms with Crippen LogP contribution >= 0.6 is 11.6 Å². The first-order valence-corrected chi connectivity index (χ1v) is 4.54. The maximum Gasteiger partial charge on any atom is 0.339 e. The number of alkyl halides is 3. The van der Waals surface area contributed by atoms with Gasteiger partial charge in [-0.3, -0.25) is 4.98 Å². The smallest absolute Gasteiger partial charge is 0.339 e. The number of carbonyl (C=O) groups is 1. The van der Waals surface area contributed by atoms with Crippen LogP contribution in [0.5, 0.6) is 0 Å². The van der Waals surface area contributed by atoms with Crippen molar-refractivity contribution in [1.82, 2.24) is 4.98 Å². The minimum atomic E-state index is -2.78. The van der Waals surface area contributed by atoms with Gasteiger partial charge in [-0.25, -0.2) is 13.6 Å². The SMILES string of the molecule is COC(=O)c1cncc(CCl)c1C(F)F. The van der Waals surface area contributed by atoms with Crippen LogP contribution < -0.4 is 0 Å². The zero-order chi connectivity index (χ0) is 11.4. The van der Waals surface area contributed by atoms with Gasteiger partial charge in [0, 0.05) is 23.8 Å². The summed E-state index contributed by atoms with van der Waals surface area (Å²) in [6, 6.07) is 0. The molecule has 0 unspecified atom stereocenters. The quantitative estimate of drug-likeness (QED) is 0.597.